The van der Waals surface area contributed by atoms with Gasteiger partial charge in [-0.15, -0.1) is 0 Å². The Hall–Kier alpha value is -2.41. The van der Waals surface area contributed by atoms with E-state index in [1.807, 2.05) is 49.3 Å². The third-order valence-electron chi connectivity index (χ3n) is 5.78. The van der Waals surface area contributed by atoms with Crippen LogP contribution in [0.25, 0.3) is 0 Å². The van der Waals surface area contributed by atoms with E-state index in [-0.39, 0.29) is 30.8 Å². The molecule has 7 nitrogen and oxygen atoms in total. The maximum Gasteiger partial charge on any atom is 0.247 e. The van der Waals surface area contributed by atoms with Gasteiger partial charge in [-0.1, -0.05) is 30.3 Å². The van der Waals surface area contributed by atoms with Crippen molar-refractivity contribution in [2.45, 2.75) is 37.6 Å². The second-order valence-electron chi connectivity index (χ2n) is 7.97. The number of carbonyl (C=O) groups is 3. The fourth-order valence-electron chi connectivity index (χ4n) is 4.11. The normalized spacial score (nSPS) is 18.6. The van der Waals surface area contributed by atoms with Gasteiger partial charge in [-0.3, -0.25) is 14.4 Å². The summed E-state index contributed by atoms with van der Waals surface area (Å²) in [5.74, 6) is 0.00111. The monoisotopic (exact) mass is 386 g/mol. The second kappa shape index (κ2) is 8.73. The summed E-state index contributed by atoms with van der Waals surface area (Å²) in [5.41, 5.74) is 0.127. The molecule has 28 heavy (non-hydrogen) atoms. The molecule has 0 aromatic heterocycles. The lowest BCUT2D eigenvalue weighted by molar-refractivity contribution is -0.145. The van der Waals surface area contributed by atoms with E-state index >= 15 is 0 Å². The second-order valence-corrected chi connectivity index (χ2v) is 7.97. The number of amides is 3. The van der Waals surface area contributed by atoms with Gasteiger partial charge in [0.05, 0.1) is 13.1 Å². The summed E-state index contributed by atoms with van der Waals surface area (Å²) in [4.78, 5) is 43.6. The molecule has 152 valence electrons. The van der Waals surface area contributed by atoms with Crippen LogP contribution in [0.3, 0.4) is 0 Å². The van der Waals surface area contributed by atoms with Crippen molar-refractivity contribution in [2.75, 3.05) is 40.4 Å². The molecule has 0 atom stereocenters. The smallest absolute Gasteiger partial charge is 0.247 e. The molecule has 2 fully saturated rings. The van der Waals surface area contributed by atoms with E-state index in [1.54, 1.807) is 4.90 Å². The van der Waals surface area contributed by atoms with Crippen molar-refractivity contribution >= 4 is 17.7 Å². The minimum Gasteiger partial charge on any atom is -0.342 e. The molecule has 1 spiro atoms. The lowest BCUT2D eigenvalue weighted by atomic mass is 9.85. The van der Waals surface area contributed by atoms with Crippen LogP contribution < -0.4 is 5.32 Å². The zero-order valence-electron chi connectivity index (χ0n) is 16.8. The van der Waals surface area contributed by atoms with E-state index in [0.717, 1.165) is 18.5 Å². The highest BCUT2D eigenvalue weighted by atomic mass is 16.2. The maximum absolute atomic E-state index is 12.9. The molecule has 7 heteroatoms. The quantitative estimate of drug-likeness (QED) is 0.787. The Kier molecular flexibility index (Phi) is 6.34. The fraction of sp³-hybridized carbons (Fsp3) is 0.571. The SMILES string of the molecule is CN(C)CCCC(=O)N1CCC2(CC1)C(=O)NCN2C(=O)Cc1ccccc1. The summed E-state index contributed by atoms with van der Waals surface area (Å²) < 4.78 is 0. The third-order valence-corrected chi connectivity index (χ3v) is 5.78. The van der Waals surface area contributed by atoms with Gasteiger partial charge in [0.25, 0.3) is 0 Å². The molecule has 2 heterocycles. The van der Waals surface area contributed by atoms with Crippen LogP contribution in [-0.4, -0.2) is 78.4 Å². The molecule has 0 aliphatic carbocycles. The van der Waals surface area contributed by atoms with Crippen molar-refractivity contribution in [2.24, 2.45) is 0 Å². The van der Waals surface area contributed by atoms with Gasteiger partial charge in [-0.25, -0.2) is 0 Å². The molecule has 2 saturated heterocycles. The van der Waals surface area contributed by atoms with Gasteiger partial charge in [-0.2, -0.15) is 0 Å². The first kappa shape index (κ1) is 20.3. The summed E-state index contributed by atoms with van der Waals surface area (Å²) in [6.45, 7) is 2.17. The molecule has 0 bridgehead atoms. The number of hydrogen-bond acceptors (Lipinski definition) is 4. The standard InChI is InChI=1S/C21H30N4O3/c1-23(2)12-6-9-18(26)24-13-10-21(11-14-24)20(28)22-16-25(21)19(27)15-17-7-4-3-5-8-17/h3-5,7-8H,6,9-16H2,1-2H3,(H,22,28). The first-order valence-corrected chi connectivity index (χ1v) is 9.97. The van der Waals surface area contributed by atoms with E-state index in [4.69, 9.17) is 0 Å². The van der Waals surface area contributed by atoms with E-state index in [9.17, 15) is 14.4 Å². The highest BCUT2D eigenvalue weighted by Gasteiger charge is 2.52. The number of benzene rings is 1. The number of nitrogens with one attached hydrogen (secondary N) is 1. The van der Waals surface area contributed by atoms with Gasteiger partial charge in [0.2, 0.25) is 17.7 Å². The highest BCUT2D eigenvalue weighted by molar-refractivity contribution is 5.95. The molecule has 3 amide bonds. The molecule has 1 aromatic carbocycles. The van der Waals surface area contributed by atoms with Crippen LogP contribution in [0.4, 0.5) is 0 Å². The lowest BCUT2D eigenvalue weighted by Gasteiger charge is -2.42. The number of hydrogen-bond donors (Lipinski definition) is 1. The van der Waals surface area contributed by atoms with Gasteiger partial charge in [-0.05, 0) is 45.5 Å². The minimum absolute atomic E-state index is 0.0460. The van der Waals surface area contributed by atoms with Crippen LogP contribution >= 0.6 is 0 Å². The van der Waals surface area contributed by atoms with Crippen molar-refractivity contribution in [1.29, 1.82) is 0 Å². The largest absolute Gasteiger partial charge is 0.342 e. The molecule has 2 aliphatic heterocycles. The van der Waals surface area contributed by atoms with E-state index < -0.39 is 5.54 Å². The van der Waals surface area contributed by atoms with Crippen LogP contribution in [0.2, 0.25) is 0 Å². The maximum atomic E-state index is 12.9. The van der Waals surface area contributed by atoms with Crippen LogP contribution in [0, 0.1) is 0 Å². The van der Waals surface area contributed by atoms with Gasteiger partial charge >= 0.3 is 0 Å². The summed E-state index contributed by atoms with van der Waals surface area (Å²) in [7, 11) is 3.99. The molecule has 1 aromatic rings. The molecule has 0 saturated carbocycles. The summed E-state index contributed by atoms with van der Waals surface area (Å²) >= 11 is 0. The summed E-state index contributed by atoms with van der Waals surface area (Å²) in [6.07, 6.45) is 2.63. The number of carbonyl (C=O) groups excluding carboxylic acids is 3. The van der Waals surface area contributed by atoms with Gasteiger partial charge in [0, 0.05) is 19.5 Å². The number of likely N-dealkylation sites (tertiary alicyclic amines) is 1. The van der Waals surface area contributed by atoms with Crippen LogP contribution in [0.5, 0.6) is 0 Å². The Labute approximate surface area is 166 Å². The van der Waals surface area contributed by atoms with Crippen molar-refractivity contribution < 1.29 is 14.4 Å². The molecule has 3 rings (SSSR count). The minimum atomic E-state index is -0.813. The summed E-state index contributed by atoms with van der Waals surface area (Å²) in [6, 6.07) is 9.58. The predicted molar refractivity (Wildman–Crippen MR) is 106 cm³/mol. The van der Waals surface area contributed by atoms with Crippen LogP contribution in [-0.2, 0) is 20.8 Å². The first-order chi connectivity index (χ1) is 13.4. The topological polar surface area (TPSA) is 73.0 Å². The average molecular weight is 386 g/mol. The lowest BCUT2D eigenvalue weighted by Crippen LogP contribution is -2.58. The van der Waals surface area contributed by atoms with E-state index in [2.05, 4.69) is 10.2 Å². The third kappa shape index (κ3) is 4.35. The zero-order valence-corrected chi connectivity index (χ0v) is 16.8. The summed E-state index contributed by atoms with van der Waals surface area (Å²) in [5, 5.41) is 2.84. The highest BCUT2D eigenvalue weighted by Crippen LogP contribution is 2.33. The zero-order chi connectivity index (χ0) is 20.1. The average Bonchev–Trinajstić information content (AvgIpc) is 2.99. The fourth-order valence-corrected chi connectivity index (χ4v) is 4.11. The van der Waals surface area contributed by atoms with E-state index in [1.165, 1.54) is 0 Å². The Morgan fingerprint density at radius 3 is 2.43 bits per heavy atom. The number of nitrogens with zero attached hydrogens (tertiary/aromatic N) is 3. The molecular formula is C21H30N4O3. The van der Waals surface area contributed by atoms with Crippen molar-refractivity contribution in [3.63, 3.8) is 0 Å². The van der Waals surface area contributed by atoms with Crippen molar-refractivity contribution in [1.82, 2.24) is 20.0 Å². The van der Waals surface area contributed by atoms with Gasteiger partial charge in [0.15, 0.2) is 0 Å². The van der Waals surface area contributed by atoms with E-state index in [0.29, 0.717) is 32.4 Å². The molecule has 0 radical (unpaired) electrons. The van der Waals surface area contributed by atoms with Crippen molar-refractivity contribution in [3.8, 4) is 0 Å². The number of piperidine rings is 1. The molecule has 1 N–H and O–H groups in total. The predicted octanol–water partition coefficient (Wildman–Crippen LogP) is 0.848. The Bertz CT molecular complexity index is 712. The first-order valence-electron chi connectivity index (χ1n) is 9.97. The van der Waals surface area contributed by atoms with Crippen LogP contribution in [0.15, 0.2) is 30.3 Å². The Morgan fingerprint density at radius 1 is 1.11 bits per heavy atom. The molecule has 2 aliphatic rings. The Morgan fingerprint density at radius 2 is 1.79 bits per heavy atom. The van der Waals surface area contributed by atoms with Gasteiger partial charge in [0.1, 0.15) is 5.54 Å². The number of rotatable bonds is 6. The van der Waals surface area contributed by atoms with Gasteiger partial charge < -0.3 is 20.0 Å². The Balaban J connectivity index is 1.60. The van der Waals surface area contributed by atoms with Crippen molar-refractivity contribution in [3.05, 3.63) is 35.9 Å². The molecular weight excluding hydrogens is 356 g/mol. The molecule has 0 unspecified atom stereocenters. The van der Waals surface area contributed by atoms with Crippen LogP contribution in [0.1, 0.15) is 31.2 Å².